The van der Waals surface area contributed by atoms with E-state index >= 15 is 0 Å². The molecule has 0 saturated carbocycles. The van der Waals surface area contributed by atoms with Gasteiger partial charge in [-0.3, -0.25) is 9.59 Å². The van der Waals surface area contributed by atoms with E-state index in [0.717, 1.165) is 0 Å². The number of carbonyl (C=O) groups is 2. The van der Waals surface area contributed by atoms with Gasteiger partial charge < -0.3 is 15.0 Å². The van der Waals surface area contributed by atoms with Crippen LogP contribution in [0.25, 0.3) is 5.69 Å². The van der Waals surface area contributed by atoms with Crippen molar-refractivity contribution < 1.29 is 14.3 Å². The van der Waals surface area contributed by atoms with E-state index in [1.807, 2.05) is 18.7 Å². The minimum Gasteiger partial charge on any atom is -0.496 e. The molecule has 0 aliphatic carbocycles. The maximum absolute atomic E-state index is 12.8. The van der Waals surface area contributed by atoms with Gasteiger partial charge in [0, 0.05) is 31.6 Å². The van der Waals surface area contributed by atoms with Gasteiger partial charge in [-0.15, -0.1) is 5.10 Å². The third-order valence-electron chi connectivity index (χ3n) is 4.88. The number of piperidine rings is 1. The summed E-state index contributed by atoms with van der Waals surface area (Å²) in [5.41, 5.74) is 0.856. The Morgan fingerprint density at radius 2 is 2.03 bits per heavy atom. The Kier molecular flexibility index (Phi) is 6.68. The van der Waals surface area contributed by atoms with Crippen LogP contribution < -0.4 is 10.1 Å². The van der Waals surface area contributed by atoms with Gasteiger partial charge in [-0.1, -0.05) is 25.4 Å². The Bertz CT molecular complexity index is 863. The molecule has 0 spiro atoms. The molecule has 2 heterocycles. The third kappa shape index (κ3) is 5.03. The summed E-state index contributed by atoms with van der Waals surface area (Å²) in [7, 11) is 1.49. The van der Waals surface area contributed by atoms with Crippen LogP contribution >= 0.6 is 11.6 Å². The standard InChI is InChI=1S/C19H25ClN6O3/c1-12(2)8-18(27)25-6-4-13(5-7-25)22-19(28)14-9-15(20)16(10-17(14)29-3)26-11-21-23-24-26/h9-13H,4-8H2,1-3H3,(H,22,28). The molecule has 1 aliphatic rings. The molecule has 1 aromatic carbocycles. The minimum atomic E-state index is -0.265. The van der Waals surface area contributed by atoms with Crippen molar-refractivity contribution in [3.05, 3.63) is 29.0 Å². The molecule has 1 N–H and O–H groups in total. The fourth-order valence-corrected chi connectivity index (χ4v) is 3.60. The Labute approximate surface area is 174 Å². The van der Waals surface area contributed by atoms with Crippen molar-refractivity contribution in [2.75, 3.05) is 20.2 Å². The van der Waals surface area contributed by atoms with Crippen LogP contribution in [0, 0.1) is 5.92 Å². The molecule has 0 radical (unpaired) electrons. The highest BCUT2D eigenvalue weighted by molar-refractivity contribution is 6.33. The summed E-state index contributed by atoms with van der Waals surface area (Å²) >= 11 is 6.34. The van der Waals surface area contributed by atoms with Crippen LogP contribution in [0.5, 0.6) is 5.75 Å². The fourth-order valence-electron chi connectivity index (χ4n) is 3.35. The maximum atomic E-state index is 12.8. The third-order valence-corrected chi connectivity index (χ3v) is 5.18. The minimum absolute atomic E-state index is 0.00623. The molecule has 2 aromatic rings. The molecule has 1 aliphatic heterocycles. The van der Waals surface area contributed by atoms with Gasteiger partial charge in [0.25, 0.3) is 5.91 Å². The summed E-state index contributed by atoms with van der Waals surface area (Å²) in [5.74, 6) is 0.630. The van der Waals surface area contributed by atoms with Gasteiger partial charge >= 0.3 is 0 Å². The largest absolute Gasteiger partial charge is 0.496 e. The van der Waals surface area contributed by atoms with Crippen LogP contribution in [0.2, 0.25) is 5.02 Å². The molecule has 1 fully saturated rings. The zero-order valence-electron chi connectivity index (χ0n) is 16.8. The quantitative estimate of drug-likeness (QED) is 0.767. The second kappa shape index (κ2) is 9.21. The first-order valence-electron chi connectivity index (χ1n) is 9.58. The van der Waals surface area contributed by atoms with Crippen molar-refractivity contribution in [2.45, 2.75) is 39.2 Å². The first-order chi connectivity index (χ1) is 13.9. The van der Waals surface area contributed by atoms with Crippen molar-refractivity contribution in [2.24, 2.45) is 5.92 Å². The van der Waals surface area contributed by atoms with Gasteiger partial charge in [-0.25, -0.2) is 0 Å². The number of carbonyl (C=O) groups excluding carboxylic acids is 2. The lowest BCUT2D eigenvalue weighted by Crippen LogP contribution is -2.46. The zero-order valence-corrected chi connectivity index (χ0v) is 17.5. The van der Waals surface area contributed by atoms with Crippen LogP contribution in [0.1, 0.15) is 43.5 Å². The zero-order chi connectivity index (χ0) is 21.0. The van der Waals surface area contributed by atoms with E-state index in [0.29, 0.717) is 60.3 Å². The number of methoxy groups -OCH3 is 1. The van der Waals surface area contributed by atoms with Crippen molar-refractivity contribution in [3.63, 3.8) is 0 Å². The van der Waals surface area contributed by atoms with Crippen molar-refractivity contribution in [1.82, 2.24) is 30.4 Å². The Balaban J connectivity index is 1.65. The average molecular weight is 421 g/mol. The summed E-state index contributed by atoms with van der Waals surface area (Å²) in [6.45, 7) is 5.36. The van der Waals surface area contributed by atoms with E-state index in [4.69, 9.17) is 16.3 Å². The number of hydrogen-bond acceptors (Lipinski definition) is 6. The van der Waals surface area contributed by atoms with Gasteiger partial charge in [0.05, 0.1) is 23.4 Å². The number of likely N-dealkylation sites (tertiary alicyclic amines) is 1. The monoisotopic (exact) mass is 420 g/mol. The number of benzene rings is 1. The van der Waals surface area contributed by atoms with Gasteiger partial charge in [0.1, 0.15) is 12.1 Å². The van der Waals surface area contributed by atoms with E-state index in [9.17, 15) is 9.59 Å². The lowest BCUT2D eigenvalue weighted by Gasteiger charge is -2.33. The maximum Gasteiger partial charge on any atom is 0.255 e. The predicted octanol–water partition coefficient (Wildman–Crippen LogP) is 2.09. The van der Waals surface area contributed by atoms with E-state index in [2.05, 4.69) is 20.8 Å². The molecule has 0 bridgehead atoms. The molecule has 0 unspecified atom stereocenters. The lowest BCUT2D eigenvalue weighted by molar-refractivity contribution is -0.133. The van der Waals surface area contributed by atoms with E-state index in [1.165, 1.54) is 18.1 Å². The molecule has 10 heteroatoms. The number of halogens is 1. The number of aromatic nitrogens is 4. The van der Waals surface area contributed by atoms with Crippen LogP contribution in [0.15, 0.2) is 18.5 Å². The summed E-state index contributed by atoms with van der Waals surface area (Å²) in [6, 6.07) is 3.17. The second-order valence-corrected chi connectivity index (χ2v) is 7.89. The first kappa shape index (κ1) is 21.0. The number of tetrazole rings is 1. The number of amides is 2. The fraction of sp³-hybridized carbons (Fsp3) is 0.526. The summed E-state index contributed by atoms with van der Waals surface area (Å²) in [4.78, 5) is 26.9. The van der Waals surface area contributed by atoms with Crippen molar-refractivity contribution >= 4 is 23.4 Å². The topological polar surface area (TPSA) is 102 Å². The predicted molar refractivity (Wildman–Crippen MR) is 107 cm³/mol. The van der Waals surface area contributed by atoms with Crippen molar-refractivity contribution in [3.8, 4) is 11.4 Å². The van der Waals surface area contributed by atoms with Gasteiger partial charge in [-0.05, 0) is 35.3 Å². The van der Waals surface area contributed by atoms with E-state index < -0.39 is 0 Å². The highest BCUT2D eigenvalue weighted by atomic mass is 35.5. The molecule has 1 aromatic heterocycles. The Morgan fingerprint density at radius 1 is 1.31 bits per heavy atom. The van der Waals surface area contributed by atoms with E-state index in [-0.39, 0.29) is 17.9 Å². The SMILES string of the molecule is COc1cc(-n2cnnn2)c(Cl)cc1C(=O)NC1CCN(C(=O)CC(C)C)CC1. The molecule has 2 amide bonds. The molecule has 156 valence electrons. The smallest absolute Gasteiger partial charge is 0.255 e. The first-order valence-corrected chi connectivity index (χ1v) is 9.96. The molecule has 29 heavy (non-hydrogen) atoms. The molecule has 1 saturated heterocycles. The van der Waals surface area contributed by atoms with Crippen LogP contribution in [0.4, 0.5) is 0 Å². The number of hydrogen-bond donors (Lipinski definition) is 1. The highest BCUT2D eigenvalue weighted by Crippen LogP contribution is 2.29. The van der Waals surface area contributed by atoms with Gasteiger partial charge in [0.15, 0.2) is 0 Å². The Morgan fingerprint density at radius 3 is 2.62 bits per heavy atom. The van der Waals surface area contributed by atoms with Crippen LogP contribution in [-0.4, -0.2) is 63.2 Å². The van der Waals surface area contributed by atoms with Crippen LogP contribution in [-0.2, 0) is 4.79 Å². The van der Waals surface area contributed by atoms with Gasteiger partial charge in [-0.2, -0.15) is 4.68 Å². The molecular weight excluding hydrogens is 396 g/mol. The van der Waals surface area contributed by atoms with Crippen molar-refractivity contribution in [1.29, 1.82) is 0 Å². The molecule has 0 atom stereocenters. The molecule has 3 rings (SSSR count). The number of nitrogens with zero attached hydrogens (tertiary/aromatic N) is 5. The van der Waals surface area contributed by atoms with E-state index in [1.54, 1.807) is 12.1 Å². The number of nitrogens with one attached hydrogen (secondary N) is 1. The number of rotatable bonds is 6. The number of ether oxygens (including phenoxy) is 1. The lowest BCUT2D eigenvalue weighted by atomic mass is 10.0. The van der Waals surface area contributed by atoms with Crippen LogP contribution in [0.3, 0.4) is 0 Å². The molecular formula is C19H25ClN6O3. The normalized spacial score (nSPS) is 14.9. The summed E-state index contributed by atoms with van der Waals surface area (Å²) < 4.78 is 6.78. The van der Waals surface area contributed by atoms with Gasteiger partial charge in [0.2, 0.25) is 5.91 Å². The average Bonchev–Trinajstić information content (AvgIpc) is 3.22. The second-order valence-electron chi connectivity index (χ2n) is 7.48. The summed E-state index contributed by atoms with van der Waals surface area (Å²) in [5, 5.41) is 14.4. The Hall–Kier alpha value is -2.68. The summed E-state index contributed by atoms with van der Waals surface area (Å²) in [6.07, 6.45) is 3.40. The highest BCUT2D eigenvalue weighted by Gasteiger charge is 2.26. The molecule has 9 nitrogen and oxygen atoms in total.